The average molecular weight is 237 g/mol. The van der Waals surface area contributed by atoms with Gasteiger partial charge in [0.05, 0.1) is 13.2 Å². The number of rotatable bonds is 5. The minimum absolute atomic E-state index is 0.0614. The van der Waals surface area contributed by atoms with E-state index in [1.165, 1.54) is 0 Å². The summed E-state index contributed by atoms with van der Waals surface area (Å²) in [6.45, 7) is 3.57. The molecule has 4 heteroatoms. The molecular weight excluding hydrogens is 218 g/mol. The van der Waals surface area contributed by atoms with Gasteiger partial charge in [-0.1, -0.05) is 6.07 Å². The average Bonchev–Trinajstić information content (AvgIpc) is 2.27. The third-order valence-corrected chi connectivity index (χ3v) is 2.40. The summed E-state index contributed by atoms with van der Waals surface area (Å²) in [7, 11) is 1.56. The van der Waals surface area contributed by atoms with Crippen molar-refractivity contribution in [1.82, 2.24) is 5.32 Å². The van der Waals surface area contributed by atoms with E-state index in [1.54, 1.807) is 38.3 Å². The minimum atomic E-state index is -0.421. The van der Waals surface area contributed by atoms with E-state index in [1.807, 2.05) is 6.92 Å². The highest BCUT2D eigenvalue weighted by molar-refractivity contribution is 5.94. The molecule has 1 aromatic rings. The fraction of sp³-hybridized carbons (Fsp3) is 0.462. The van der Waals surface area contributed by atoms with E-state index in [9.17, 15) is 9.90 Å². The number of carbonyl (C=O) groups is 1. The van der Waals surface area contributed by atoms with Crippen molar-refractivity contribution < 1.29 is 14.6 Å². The van der Waals surface area contributed by atoms with Gasteiger partial charge < -0.3 is 15.2 Å². The summed E-state index contributed by atoms with van der Waals surface area (Å²) in [6.07, 6.45) is 0.117. The number of ether oxygens (including phenoxy) is 1. The van der Waals surface area contributed by atoms with Crippen LogP contribution in [0.5, 0.6) is 5.75 Å². The Kier molecular flexibility index (Phi) is 4.97. The number of amides is 1. The van der Waals surface area contributed by atoms with Crippen LogP contribution in [0.2, 0.25) is 0 Å². The molecule has 0 aliphatic carbocycles. The summed E-state index contributed by atoms with van der Waals surface area (Å²) in [5, 5.41) is 12.0. The molecule has 2 atom stereocenters. The van der Waals surface area contributed by atoms with Gasteiger partial charge in [0, 0.05) is 11.6 Å². The maximum absolute atomic E-state index is 11.9. The van der Waals surface area contributed by atoms with Crippen LogP contribution in [-0.2, 0) is 0 Å². The second-order valence-corrected chi connectivity index (χ2v) is 4.19. The topological polar surface area (TPSA) is 58.6 Å². The van der Waals surface area contributed by atoms with E-state index in [-0.39, 0.29) is 11.9 Å². The second kappa shape index (κ2) is 6.25. The van der Waals surface area contributed by atoms with E-state index in [2.05, 4.69) is 5.32 Å². The maximum Gasteiger partial charge on any atom is 0.251 e. The first-order chi connectivity index (χ1) is 8.02. The van der Waals surface area contributed by atoms with E-state index in [4.69, 9.17) is 4.74 Å². The van der Waals surface area contributed by atoms with E-state index in [0.29, 0.717) is 17.7 Å². The van der Waals surface area contributed by atoms with Gasteiger partial charge in [-0.25, -0.2) is 0 Å². The quantitative estimate of drug-likeness (QED) is 0.817. The Balaban J connectivity index is 2.63. The lowest BCUT2D eigenvalue weighted by Crippen LogP contribution is -2.34. The lowest BCUT2D eigenvalue weighted by atomic mass is 10.1. The molecule has 0 aliphatic rings. The van der Waals surface area contributed by atoms with Gasteiger partial charge in [-0.3, -0.25) is 4.79 Å². The molecule has 1 aromatic carbocycles. The summed E-state index contributed by atoms with van der Waals surface area (Å²) in [5.74, 6) is 0.498. The maximum atomic E-state index is 11.9. The monoisotopic (exact) mass is 237 g/mol. The van der Waals surface area contributed by atoms with Crippen LogP contribution in [-0.4, -0.2) is 30.3 Å². The molecule has 0 saturated heterocycles. The zero-order chi connectivity index (χ0) is 12.8. The number of aliphatic hydroxyl groups excluding tert-OH is 1. The molecular formula is C13H19NO3. The van der Waals surface area contributed by atoms with Gasteiger partial charge in [0.1, 0.15) is 5.75 Å². The molecule has 0 fully saturated rings. The second-order valence-electron chi connectivity index (χ2n) is 4.19. The SMILES string of the molecule is COc1cccc(C(=O)NC(C)CC(C)O)c1. The zero-order valence-electron chi connectivity index (χ0n) is 10.4. The van der Waals surface area contributed by atoms with E-state index >= 15 is 0 Å². The normalized spacial score (nSPS) is 13.9. The Morgan fingerprint density at radius 3 is 2.76 bits per heavy atom. The molecule has 0 radical (unpaired) electrons. The summed E-state index contributed by atoms with van der Waals surface area (Å²) >= 11 is 0. The van der Waals surface area contributed by atoms with E-state index < -0.39 is 6.10 Å². The predicted octanol–water partition coefficient (Wildman–Crippen LogP) is 1.58. The molecule has 0 aliphatic heterocycles. The van der Waals surface area contributed by atoms with Crippen molar-refractivity contribution in [3.63, 3.8) is 0 Å². The summed E-state index contributed by atoms with van der Waals surface area (Å²) in [5.41, 5.74) is 0.557. The summed E-state index contributed by atoms with van der Waals surface area (Å²) in [6, 6.07) is 6.91. The van der Waals surface area contributed by atoms with Gasteiger partial charge in [0.15, 0.2) is 0 Å². The van der Waals surface area contributed by atoms with E-state index in [0.717, 1.165) is 0 Å². The molecule has 2 N–H and O–H groups in total. The number of carbonyl (C=O) groups excluding carboxylic acids is 1. The number of aliphatic hydroxyl groups is 1. The number of benzene rings is 1. The number of hydrogen-bond acceptors (Lipinski definition) is 3. The van der Waals surface area contributed by atoms with Crippen molar-refractivity contribution in [2.24, 2.45) is 0 Å². The van der Waals surface area contributed by atoms with Gasteiger partial charge in [-0.15, -0.1) is 0 Å². The summed E-state index contributed by atoms with van der Waals surface area (Å²) < 4.78 is 5.05. The van der Waals surface area contributed by atoms with Crippen LogP contribution in [0.4, 0.5) is 0 Å². The van der Waals surface area contributed by atoms with Gasteiger partial charge in [-0.2, -0.15) is 0 Å². The number of nitrogens with one attached hydrogen (secondary N) is 1. The fourth-order valence-electron chi connectivity index (χ4n) is 1.64. The van der Waals surface area contributed by atoms with Crippen LogP contribution in [0.25, 0.3) is 0 Å². The van der Waals surface area contributed by atoms with Crippen molar-refractivity contribution in [2.75, 3.05) is 7.11 Å². The van der Waals surface area contributed by atoms with Crippen molar-refractivity contribution in [1.29, 1.82) is 0 Å². The largest absolute Gasteiger partial charge is 0.497 e. The molecule has 94 valence electrons. The first-order valence-electron chi connectivity index (χ1n) is 5.66. The van der Waals surface area contributed by atoms with Gasteiger partial charge in [0.25, 0.3) is 5.91 Å². The Morgan fingerprint density at radius 2 is 2.18 bits per heavy atom. The highest BCUT2D eigenvalue weighted by Crippen LogP contribution is 2.12. The van der Waals surface area contributed by atoms with Gasteiger partial charge >= 0.3 is 0 Å². The highest BCUT2D eigenvalue weighted by atomic mass is 16.5. The molecule has 0 heterocycles. The third kappa shape index (κ3) is 4.44. The van der Waals surface area contributed by atoms with Crippen LogP contribution in [0, 0.1) is 0 Å². The lowest BCUT2D eigenvalue weighted by Gasteiger charge is -2.15. The lowest BCUT2D eigenvalue weighted by molar-refractivity contribution is 0.0922. The van der Waals surface area contributed by atoms with Crippen LogP contribution >= 0.6 is 0 Å². The Bertz CT molecular complexity index is 377. The van der Waals surface area contributed by atoms with Gasteiger partial charge in [0.2, 0.25) is 0 Å². The molecule has 0 spiro atoms. The van der Waals surface area contributed by atoms with Crippen LogP contribution in [0.15, 0.2) is 24.3 Å². The van der Waals surface area contributed by atoms with Crippen LogP contribution in [0.1, 0.15) is 30.6 Å². The smallest absolute Gasteiger partial charge is 0.251 e. The first-order valence-corrected chi connectivity index (χ1v) is 5.66. The molecule has 2 unspecified atom stereocenters. The summed E-state index contributed by atoms with van der Waals surface area (Å²) in [4.78, 5) is 11.9. The molecule has 0 aromatic heterocycles. The highest BCUT2D eigenvalue weighted by Gasteiger charge is 2.11. The van der Waals surface area contributed by atoms with Crippen molar-refractivity contribution in [2.45, 2.75) is 32.4 Å². The predicted molar refractivity (Wildman–Crippen MR) is 66.2 cm³/mol. The number of methoxy groups -OCH3 is 1. The first kappa shape index (κ1) is 13.5. The van der Waals surface area contributed by atoms with Gasteiger partial charge in [-0.05, 0) is 38.5 Å². The molecule has 1 amide bonds. The van der Waals surface area contributed by atoms with Crippen LogP contribution in [0.3, 0.4) is 0 Å². The Hall–Kier alpha value is -1.55. The minimum Gasteiger partial charge on any atom is -0.497 e. The molecule has 0 bridgehead atoms. The van der Waals surface area contributed by atoms with Crippen LogP contribution < -0.4 is 10.1 Å². The van der Waals surface area contributed by atoms with Crippen molar-refractivity contribution in [3.8, 4) is 5.75 Å². The molecule has 1 rings (SSSR count). The molecule has 0 saturated carbocycles. The standard InChI is InChI=1S/C13H19NO3/c1-9(7-10(2)15)14-13(16)11-5-4-6-12(8-11)17-3/h4-6,8-10,15H,7H2,1-3H3,(H,14,16). The Labute approximate surface area is 102 Å². The zero-order valence-corrected chi connectivity index (χ0v) is 10.4. The van der Waals surface area contributed by atoms with Crippen molar-refractivity contribution in [3.05, 3.63) is 29.8 Å². The molecule has 4 nitrogen and oxygen atoms in total. The number of hydrogen-bond donors (Lipinski definition) is 2. The third-order valence-electron chi connectivity index (χ3n) is 2.40. The Morgan fingerprint density at radius 1 is 1.47 bits per heavy atom. The van der Waals surface area contributed by atoms with Crippen molar-refractivity contribution >= 4 is 5.91 Å². The fourth-order valence-corrected chi connectivity index (χ4v) is 1.64. The molecule has 17 heavy (non-hydrogen) atoms.